The van der Waals surface area contributed by atoms with E-state index in [-0.39, 0.29) is 5.92 Å². The fourth-order valence-corrected chi connectivity index (χ4v) is 3.36. The van der Waals surface area contributed by atoms with Crippen LogP contribution < -0.4 is 10.1 Å². The molecule has 1 amide bonds. The highest BCUT2D eigenvalue weighted by Crippen LogP contribution is 2.24. The van der Waals surface area contributed by atoms with Crippen molar-refractivity contribution in [2.75, 3.05) is 6.54 Å². The van der Waals surface area contributed by atoms with Gasteiger partial charge in [0.25, 0.3) is 0 Å². The number of hydrogen-bond donors (Lipinski definition) is 1. The maximum atomic E-state index is 12.0. The molecule has 0 saturated heterocycles. The highest BCUT2D eigenvalue weighted by atomic mass is 32.1. The summed E-state index contributed by atoms with van der Waals surface area (Å²) < 4.78 is 5.29. The molecule has 0 aliphatic heterocycles. The monoisotopic (exact) mass is 337 g/mol. The van der Waals surface area contributed by atoms with Gasteiger partial charge >= 0.3 is 6.09 Å². The molecule has 1 aromatic heterocycles. The fraction of sp³-hybridized carbons (Fsp3) is 0.150. The van der Waals surface area contributed by atoms with Gasteiger partial charge in [-0.15, -0.1) is 11.3 Å². The van der Waals surface area contributed by atoms with Crippen LogP contribution in [-0.4, -0.2) is 12.6 Å². The van der Waals surface area contributed by atoms with Gasteiger partial charge in [0.1, 0.15) is 5.75 Å². The molecule has 1 atom stereocenters. The van der Waals surface area contributed by atoms with Crippen LogP contribution in [0.1, 0.15) is 16.4 Å². The van der Waals surface area contributed by atoms with Crippen LogP contribution >= 0.6 is 11.3 Å². The summed E-state index contributed by atoms with van der Waals surface area (Å²) in [5, 5.41) is 4.95. The summed E-state index contributed by atoms with van der Waals surface area (Å²) in [6.07, 6.45) is 0.461. The third-order valence-corrected chi connectivity index (χ3v) is 4.75. The molecular weight excluding hydrogens is 318 g/mol. The number of ether oxygens (including phenoxy) is 1. The van der Waals surface area contributed by atoms with Crippen LogP contribution in [0, 0.1) is 0 Å². The van der Waals surface area contributed by atoms with Crippen LogP contribution in [0.3, 0.4) is 0 Å². The van der Waals surface area contributed by atoms with Gasteiger partial charge in [-0.05, 0) is 35.6 Å². The number of para-hydroxylation sites is 1. The Kier molecular flexibility index (Phi) is 5.64. The van der Waals surface area contributed by atoms with Crippen LogP contribution in [0.4, 0.5) is 4.79 Å². The molecule has 122 valence electrons. The minimum Gasteiger partial charge on any atom is -0.410 e. The van der Waals surface area contributed by atoms with Crippen LogP contribution in [0.2, 0.25) is 0 Å². The van der Waals surface area contributed by atoms with Crippen molar-refractivity contribution in [1.29, 1.82) is 0 Å². The number of benzene rings is 2. The molecule has 0 aliphatic carbocycles. The lowest BCUT2D eigenvalue weighted by Crippen LogP contribution is -2.31. The zero-order valence-corrected chi connectivity index (χ0v) is 14.0. The van der Waals surface area contributed by atoms with Gasteiger partial charge in [0, 0.05) is 17.3 Å². The Hall–Kier alpha value is -2.59. The van der Waals surface area contributed by atoms with E-state index in [0.717, 1.165) is 6.42 Å². The van der Waals surface area contributed by atoms with Crippen LogP contribution in [0.5, 0.6) is 5.75 Å². The average Bonchev–Trinajstić information content (AvgIpc) is 3.15. The molecule has 2 aromatic carbocycles. The first kappa shape index (κ1) is 16.3. The number of carbonyl (C=O) groups is 1. The highest BCUT2D eigenvalue weighted by molar-refractivity contribution is 7.10. The number of nitrogens with one attached hydrogen (secondary N) is 1. The molecule has 1 heterocycles. The van der Waals surface area contributed by atoms with Gasteiger partial charge in [-0.2, -0.15) is 0 Å². The molecule has 0 bridgehead atoms. The summed E-state index contributed by atoms with van der Waals surface area (Å²) in [6, 6.07) is 23.6. The Balaban J connectivity index is 1.61. The zero-order valence-electron chi connectivity index (χ0n) is 13.2. The van der Waals surface area contributed by atoms with E-state index in [1.807, 2.05) is 42.5 Å². The molecule has 3 aromatic rings. The van der Waals surface area contributed by atoms with Crippen LogP contribution in [0.15, 0.2) is 78.2 Å². The molecule has 3 nitrogen and oxygen atoms in total. The van der Waals surface area contributed by atoms with E-state index in [9.17, 15) is 4.79 Å². The maximum absolute atomic E-state index is 12.0. The molecule has 0 saturated carbocycles. The molecule has 24 heavy (non-hydrogen) atoms. The summed E-state index contributed by atoms with van der Waals surface area (Å²) in [6.45, 7) is 0.543. The quantitative estimate of drug-likeness (QED) is 0.697. The van der Waals surface area contributed by atoms with Gasteiger partial charge in [0.05, 0.1) is 0 Å². The molecule has 1 unspecified atom stereocenters. The summed E-state index contributed by atoms with van der Waals surface area (Å²) in [5.41, 5.74) is 1.26. The van der Waals surface area contributed by atoms with E-state index in [2.05, 4.69) is 28.9 Å². The van der Waals surface area contributed by atoms with Gasteiger partial charge in [-0.3, -0.25) is 0 Å². The lowest BCUT2D eigenvalue weighted by molar-refractivity contribution is 0.199. The van der Waals surface area contributed by atoms with E-state index in [4.69, 9.17) is 4.74 Å². The molecular formula is C20H19NO2S. The van der Waals surface area contributed by atoms with Gasteiger partial charge in [-0.1, -0.05) is 54.6 Å². The molecule has 0 spiro atoms. The van der Waals surface area contributed by atoms with Crippen molar-refractivity contribution in [2.24, 2.45) is 0 Å². The topological polar surface area (TPSA) is 38.3 Å². The van der Waals surface area contributed by atoms with Crippen LogP contribution in [0.25, 0.3) is 0 Å². The number of rotatable bonds is 6. The Morgan fingerprint density at radius 1 is 0.958 bits per heavy atom. The first-order valence-corrected chi connectivity index (χ1v) is 8.77. The van der Waals surface area contributed by atoms with Gasteiger partial charge in [0.2, 0.25) is 0 Å². The van der Waals surface area contributed by atoms with Crippen molar-refractivity contribution in [3.05, 3.63) is 88.6 Å². The molecule has 0 fully saturated rings. The van der Waals surface area contributed by atoms with Gasteiger partial charge in [0.15, 0.2) is 0 Å². The fourth-order valence-electron chi connectivity index (χ4n) is 2.53. The number of thiophene rings is 1. The number of hydrogen-bond acceptors (Lipinski definition) is 3. The normalized spacial score (nSPS) is 11.7. The van der Waals surface area contributed by atoms with E-state index in [0.29, 0.717) is 12.3 Å². The average molecular weight is 337 g/mol. The minimum atomic E-state index is -0.421. The maximum Gasteiger partial charge on any atom is 0.412 e. The Bertz CT molecular complexity index is 742. The van der Waals surface area contributed by atoms with Crippen LogP contribution in [-0.2, 0) is 6.42 Å². The van der Waals surface area contributed by atoms with Crippen molar-refractivity contribution >= 4 is 17.4 Å². The van der Waals surface area contributed by atoms with E-state index >= 15 is 0 Å². The minimum absolute atomic E-state index is 0.232. The molecule has 4 heteroatoms. The van der Waals surface area contributed by atoms with Crippen molar-refractivity contribution < 1.29 is 9.53 Å². The Labute approximate surface area is 145 Å². The summed E-state index contributed by atoms with van der Waals surface area (Å²) in [4.78, 5) is 13.3. The van der Waals surface area contributed by atoms with Crippen molar-refractivity contribution in [1.82, 2.24) is 5.32 Å². The second-order valence-electron chi connectivity index (χ2n) is 5.49. The molecule has 3 rings (SSSR count). The van der Waals surface area contributed by atoms with Gasteiger partial charge < -0.3 is 10.1 Å². The molecule has 0 radical (unpaired) electrons. The third kappa shape index (κ3) is 4.70. The smallest absolute Gasteiger partial charge is 0.410 e. The first-order chi connectivity index (χ1) is 11.8. The SMILES string of the molecule is O=C(NCC(Cc1ccccc1)c1cccs1)Oc1ccccc1. The number of amides is 1. The Morgan fingerprint density at radius 3 is 2.33 bits per heavy atom. The second kappa shape index (κ2) is 8.31. The van der Waals surface area contributed by atoms with Crippen molar-refractivity contribution in [3.8, 4) is 5.75 Å². The summed E-state index contributed by atoms with van der Waals surface area (Å²) in [7, 11) is 0. The third-order valence-electron chi connectivity index (χ3n) is 3.72. The van der Waals surface area contributed by atoms with E-state index in [1.165, 1.54) is 10.4 Å². The van der Waals surface area contributed by atoms with Crippen molar-refractivity contribution in [2.45, 2.75) is 12.3 Å². The highest BCUT2D eigenvalue weighted by Gasteiger charge is 2.15. The summed E-state index contributed by atoms with van der Waals surface area (Å²) >= 11 is 1.71. The predicted molar refractivity (Wildman–Crippen MR) is 97.7 cm³/mol. The Morgan fingerprint density at radius 2 is 1.67 bits per heavy atom. The van der Waals surface area contributed by atoms with E-state index in [1.54, 1.807) is 23.5 Å². The lowest BCUT2D eigenvalue weighted by Gasteiger charge is -2.16. The molecule has 1 N–H and O–H groups in total. The number of carbonyl (C=O) groups excluding carboxylic acids is 1. The molecule has 0 aliphatic rings. The lowest BCUT2D eigenvalue weighted by atomic mass is 9.98. The first-order valence-electron chi connectivity index (χ1n) is 7.89. The second-order valence-corrected chi connectivity index (χ2v) is 6.46. The van der Waals surface area contributed by atoms with Gasteiger partial charge in [-0.25, -0.2) is 4.79 Å². The summed E-state index contributed by atoms with van der Waals surface area (Å²) in [5.74, 6) is 0.779. The van der Waals surface area contributed by atoms with Crippen molar-refractivity contribution in [3.63, 3.8) is 0 Å². The van der Waals surface area contributed by atoms with E-state index < -0.39 is 6.09 Å². The largest absolute Gasteiger partial charge is 0.412 e. The predicted octanol–water partition coefficient (Wildman–Crippen LogP) is 4.86. The zero-order chi connectivity index (χ0) is 16.6. The standard InChI is InChI=1S/C20H19NO2S/c22-20(23-18-10-5-2-6-11-18)21-15-17(19-12-7-13-24-19)14-16-8-3-1-4-9-16/h1-13,17H,14-15H2,(H,21,22).